The van der Waals surface area contributed by atoms with Crippen molar-refractivity contribution in [2.24, 2.45) is 0 Å². The van der Waals surface area contributed by atoms with Crippen LogP contribution in [-0.2, 0) is 17.8 Å². The normalized spacial score (nSPS) is 25.0. The average molecular weight is 413 g/mol. The van der Waals surface area contributed by atoms with E-state index in [9.17, 15) is 20.1 Å². The second-order valence-electron chi connectivity index (χ2n) is 7.15. The standard InChI is InChI=1S/C18H28N4O5S/c1-3-5-7-20-15-12(16(26)21(18(20)28)8-6-4-2)22(10-19-15)17-14(25)13(24)11(9-23)27-17/h10-11,13-14,17,23-25H,3-9H2,1-2H3/t11-,13-,14-,17-/m1/s1. The molecule has 4 atom stereocenters. The van der Waals surface area contributed by atoms with Crippen LogP contribution >= 0.6 is 12.2 Å². The second-order valence-corrected chi connectivity index (χ2v) is 7.52. The molecule has 0 aliphatic carbocycles. The van der Waals surface area contributed by atoms with E-state index in [1.165, 1.54) is 10.9 Å². The molecule has 0 unspecified atom stereocenters. The van der Waals surface area contributed by atoms with Crippen LogP contribution in [0.3, 0.4) is 0 Å². The topological polar surface area (TPSA) is 115 Å². The summed E-state index contributed by atoms with van der Waals surface area (Å²) in [5.74, 6) is 0. The zero-order chi connectivity index (χ0) is 20.4. The Hall–Kier alpha value is -1.59. The molecule has 1 aliphatic heterocycles. The van der Waals surface area contributed by atoms with Crippen molar-refractivity contribution in [2.75, 3.05) is 6.61 Å². The van der Waals surface area contributed by atoms with Gasteiger partial charge in [0.2, 0.25) is 0 Å². The molecule has 0 amide bonds. The van der Waals surface area contributed by atoms with Gasteiger partial charge in [-0.25, -0.2) is 4.98 Å². The molecule has 3 heterocycles. The van der Waals surface area contributed by atoms with Crippen molar-refractivity contribution in [2.45, 2.75) is 77.2 Å². The first-order valence-electron chi connectivity index (χ1n) is 9.78. The van der Waals surface area contributed by atoms with Gasteiger partial charge in [-0.15, -0.1) is 0 Å². The maximum absolute atomic E-state index is 13.2. The molecular formula is C18H28N4O5S. The molecule has 0 spiro atoms. The Morgan fingerprint density at radius 1 is 1.14 bits per heavy atom. The molecule has 0 radical (unpaired) electrons. The molecule has 1 fully saturated rings. The van der Waals surface area contributed by atoms with Crippen molar-refractivity contribution < 1.29 is 20.1 Å². The van der Waals surface area contributed by atoms with E-state index in [1.54, 1.807) is 4.57 Å². The van der Waals surface area contributed by atoms with Crippen molar-refractivity contribution in [1.82, 2.24) is 18.7 Å². The lowest BCUT2D eigenvalue weighted by atomic mass is 10.1. The quantitative estimate of drug-likeness (QED) is 0.553. The summed E-state index contributed by atoms with van der Waals surface area (Å²) >= 11 is 5.58. The number of fused-ring (bicyclic) bond motifs is 1. The number of hydrogen-bond donors (Lipinski definition) is 3. The molecule has 1 aliphatic rings. The molecule has 1 saturated heterocycles. The van der Waals surface area contributed by atoms with Crippen molar-refractivity contribution in [3.8, 4) is 0 Å². The number of rotatable bonds is 8. The smallest absolute Gasteiger partial charge is 0.280 e. The monoisotopic (exact) mass is 412 g/mol. The number of imidazole rings is 1. The Morgan fingerprint density at radius 3 is 2.36 bits per heavy atom. The SMILES string of the molecule is CCCCn1c(=O)c2c(ncn2[C@@H]2O[C@H](CO)[C@@H](O)[C@H]2O)n(CCCC)c1=S. The number of aliphatic hydroxyl groups excluding tert-OH is 3. The Kier molecular flexibility index (Phi) is 6.66. The van der Waals surface area contributed by atoms with Gasteiger partial charge in [0.1, 0.15) is 18.3 Å². The van der Waals surface area contributed by atoms with Crippen molar-refractivity contribution in [3.05, 3.63) is 21.5 Å². The number of ether oxygens (including phenoxy) is 1. The minimum Gasteiger partial charge on any atom is -0.394 e. The van der Waals surface area contributed by atoms with Gasteiger partial charge in [-0.2, -0.15) is 0 Å². The number of aliphatic hydroxyl groups is 3. The predicted molar refractivity (Wildman–Crippen MR) is 106 cm³/mol. The molecule has 2 aromatic rings. The summed E-state index contributed by atoms with van der Waals surface area (Å²) in [6.07, 6.45) is 0.528. The number of unbranched alkanes of at least 4 members (excludes halogenated alkanes) is 2. The molecule has 10 heteroatoms. The van der Waals surface area contributed by atoms with Crippen LogP contribution < -0.4 is 5.56 Å². The fourth-order valence-corrected chi connectivity index (χ4v) is 3.89. The molecule has 28 heavy (non-hydrogen) atoms. The molecule has 3 N–H and O–H groups in total. The van der Waals surface area contributed by atoms with E-state index in [0.717, 1.165) is 25.7 Å². The third kappa shape index (κ3) is 3.55. The maximum atomic E-state index is 13.2. The highest BCUT2D eigenvalue weighted by Gasteiger charge is 2.44. The van der Waals surface area contributed by atoms with Crippen LogP contribution in [0.2, 0.25) is 0 Å². The Labute approximate surface area is 167 Å². The first-order chi connectivity index (χ1) is 13.5. The maximum Gasteiger partial charge on any atom is 0.280 e. The van der Waals surface area contributed by atoms with Crippen molar-refractivity contribution in [1.29, 1.82) is 0 Å². The summed E-state index contributed by atoms with van der Waals surface area (Å²) in [5.41, 5.74) is 0.418. The second kappa shape index (κ2) is 8.83. The average Bonchev–Trinajstić information content (AvgIpc) is 3.24. The summed E-state index contributed by atoms with van der Waals surface area (Å²) in [6, 6.07) is 0. The highest BCUT2D eigenvalue weighted by Crippen LogP contribution is 2.31. The van der Waals surface area contributed by atoms with Crippen LogP contribution in [0.1, 0.15) is 45.8 Å². The molecule has 156 valence electrons. The van der Waals surface area contributed by atoms with Crippen LogP contribution in [0.15, 0.2) is 11.1 Å². The number of aromatic nitrogens is 4. The van der Waals surface area contributed by atoms with Crippen LogP contribution in [0.4, 0.5) is 0 Å². The fraction of sp³-hybridized carbons (Fsp3) is 0.722. The van der Waals surface area contributed by atoms with Gasteiger partial charge in [-0.1, -0.05) is 26.7 Å². The van der Waals surface area contributed by atoms with E-state index >= 15 is 0 Å². The van der Waals surface area contributed by atoms with E-state index in [2.05, 4.69) is 11.9 Å². The first-order valence-corrected chi connectivity index (χ1v) is 10.2. The summed E-state index contributed by atoms with van der Waals surface area (Å²) in [6.45, 7) is 4.81. The van der Waals surface area contributed by atoms with Crippen LogP contribution in [0.5, 0.6) is 0 Å². The van der Waals surface area contributed by atoms with Crippen LogP contribution in [0.25, 0.3) is 11.2 Å². The van der Waals surface area contributed by atoms with Gasteiger partial charge in [0.15, 0.2) is 22.2 Å². The predicted octanol–water partition coefficient (Wildman–Crippen LogP) is 0.941. The van der Waals surface area contributed by atoms with E-state index in [0.29, 0.717) is 23.5 Å². The van der Waals surface area contributed by atoms with Gasteiger partial charge < -0.3 is 24.6 Å². The number of hydrogen-bond acceptors (Lipinski definition) is 7. The van der Waals surface area contributed by atoms with E-state index in [-0.39, 0.29) is 11.1 Å². The molecule has 0 saturated carbocycles. The van der Waals surface area contributed by atoms with Crippen LogP contribution in [0, 0.1) is 4.77 Å². The Bertz CT molecular complexity index is 936. The van der Waals surface area contributed by atoms with Crippen LogP contribution in [-0.4, -0.2) is 58.9 Å². The van der Waals surface area contributed by atoms with E-state index in [4.69, 9.17) is 17.0 Å². The van der Waals surface area contributed by atoms with Gasteiger partial charge in [-0.3, -0.25) is 13.9 Å². The highest BCUT2D eigenvalue weighted by atomic mass is 32.1. The summed E-state index contributed by atoms with van der Waals surface area (Å²) < 4.78 is 10.9. The van der Waals surface area contributed by atoms with Gasteiger partial charge in [-0.05, 0) is 25.1 Å². The fourth-order valence-electron chi connectivity index (χ4n) is 3.54. The Balaban J connectivity index is 2.18. The van der Waals surface area contributed by atoms with Gasteiger partial charge in [0.05, 0.1) is 12.9 Å². The Morgan fingerprint density at radius 2 is 1.79 bits per heavy atom. The molecule has 3 rings (SSSR count). The van der Waals surface area contributed by atoms with Crippen molar-refractivity contribution >= 4 is 23.4 Å². The molecular weight excluding hydrogens is 384 g/mol. The van der Waals surface area contributed by atoms with Gasteiger partial charge in [0.25, 0.3) is 5.56 Å². The zero-order valence-electron chi connectivity index (χ0n) is 16.2. The van der Waals surface area contributed by atoms with Crippen molar-refractivity contribution in [3.63, 3.8) is 0 Å². The largest absolute Gasteiger partial charge is 0.394 e. The molecule has 9 nitrogen and oxygen atoms in total. The zero-order valence-corrected chi connectivity index (χ0v) is 17.0. The third-order valence-electron chi connectivity index (χ3n) is 5.20. The lowest BCUT2D eigenvalue weighted by molar-refractivity contribution is -0.0509. The minimum atomic E-state index is -1.29. The van der Waals surface area contributed by atoms with E-state index < -0.39 is 31.1 Å². The first kappa shape index (κ1) is 21.1. The molecule has 2 aromatic heterocycles. The lowest BCUT2D eigenvalue weighted by Crippen LogP contribution is -2.33. The lowest BCUT2D eigenvalue weighted by Gasteiger charge is -2.18. The molecule has 0 bridgehead atoms. The minimum absolute atomic E-state index is 0.274. The highest BCUT2D eigenvalue weighted by molar-refractivity contribution is 7.71. The summed E-state index contributed by atoms with van der Waals surface area (Å²) in [7, 11) is 0. The van der Waals surface area contributed by atoms with E-state index in [1.807, 2.05) is 11.5 Å². The summed E-state index contributed by atoms with van der Waals surface area (Å²) in [4.78, 5) is 17.6. The van der Waals surface area contributed by atoms with Gasteiger partial charge in [0, 0.05) is 13.1 Å². The molecule has 0 aromatic carbocycles. The third-order valence-corrected chi connectivity index (χ3v) is 5.64. The number of nitrogens with zero attached hydrogens (tertiary/aromatic N) is 4. The summed E-state index contributed by atoms with van der Waals surface area (Å²) in [5, 5.41) is 29.8. The van der Waals surface area contributed by atoms with Gasteiger partial charge >= 0.3 is 0 Å². The number of aryl methyl sites for hydroxylation is 1.